The second-order valence-electron chi connectivity index (χ2n) is 3.31. The van der Waals surface area contributed by atoms with Gasteiger partial charge >= 0.3 is 0 Å². The molecule has 0 N–H and O–H groups in total. The van der Waals surface area contributed by atoms with E-state index in [9.17, 15) is 0 Å². The Labute approximate surface area is 93.1 Å². The van der Waals surface area contributed by atoms with Crippen LogP contribution in [0.5, 0.6) is 0 Å². The third kappa shape index (κ3) is 1.97. The molecule has 76 valence electrons. The number of aromatic nitrogens is 3. The number of nitrogens with zero attached hydrogens (tertiary/aromatic N) is 3. The highest BCUT2D eigenvalue weighted by molar-refractivity contribution is 6.31. The van der Waals surface area contributed by atoms with E-state index in [1.807, 2.05) is 31.2 Å². The first-order chi connectivity index (χ1) is 7.18. The van der Waals surface area contributed by atoms with Gasteiger partial charge in [-0.25, -0.2) is 4.98 Å². The standard InChI is InChI=1S/C11H10ClN3/c1-7-5-3-4-6-9(7)10-11(12)13-8(2)14-15-10/h3-6H,1-2H3. The van der Waals surface area contributed by atoms with E-state index < -0.39 is 0 Å². The highest BCUT2D eigenvalue weighted by Crippen LogP contribution is 2.25. The minimum absolute atomic E-state index is 0.400. The normalized spacial score (nSPS) is 10.3. The Morgan fingerprint density at radius 2 is 1.80 bits per heavy atom. The van der Waals surface area contributed by atoms with Crippen LogP contribution < -0.4 is 0 Å². The van der Waals surface area contributed by atoms with Crippen LogP contribution in [-0.4, -0.2) is 15.2 Å². The molecule has 0 amide bonds. The number of rotatable bonds is 1. The van der Waals surface area contributed by atoms with Gasteiger partial charge in [0.05, 0.1) is 0 Å². The number of halogens is 1. The summed E-state index contributed by atoms with van der Waals surface area (Å²) in [5.74, 6) is 0.581. The molecular formula is C11H10ClN3. The van der Waals surface area contributed by atoms with Crippen LogP contribution in [0.4, 0.5) is 0 Å². The van der Waals surface area contributed by atoms with Crippen molar-refractivity contribution in [1.29, 1.82) is 0 Å². The molecule has 2 rings (SSSR count). The van der Waals surface area contributed by atoms with E-state index in [4.69, 9.17) is 11.6 Å². The average Bonchev–Trinajstić information content (AvgIpc) is 2.20. The lowest BCUT2D eigenvalue weighted by Gasteiger charge is -2.05. The topological polar surface area (TPSA) is 38.7 Å². The highest BCUT2D eigenvalue weighted by Gasteiger charge is 2.09. The van der Waals surface area contributed by atoms with Crippen molar-refractivity contribution >= 4 is 11.6 Å². The zero-order valence-corrected chi connectivity index (χ0v) is 9.28. The van der Waals surface area contributed by atoms with Gasteiger partial charge in [-0.2, -0.15) is 0 Å². The number of benzene rings is 1. The van der Waals surface area contributed by atoms with Crippen LogP contribution in [0.3, 0.4) is 0 Å². The summed E-state index contributed by atoms with van der Waals surface area (Å²) >= 11 is 6.02. The van der Waals surface area contributed by atoms with Crippen molar-refractivity contribution in [3.05, 3.63) is 40.8 Å². The van der Waals surface area contributed by atoms with Crippen LogP contribution in [0.15, 0.2) is 24.3 Å². The zero-order valence-electron chi connectivity index (χ0n) is 8.53. The molecule has 3 nitrogen and oxygen atoms in total. The largest absolute Gasteiger partial charge is 0.217 e. The van der Waals surface area contributed by atoms with Gasteiger partial charge < -0.3 is 0 Å². The third-order valence-electron chi connectivity index (χ3n) is 2.15. The first-order valence-electron chi connectivity index (χ1n) is 4.61. The van der Waals surface area contributed by atoms with Gasteiger partial charge in [-0.3, -0.25) is 0 Å². The maximum Gasteiger partial charge on any atom is 0.159 e. The molecule has 0 radical (unpaired) electrons. The Morgan fingerprint density at radius 3 is 2.47 bits per heavy atom. The van der Waals surface area contributed by atoms with Crippen LogP contribution in [0, 0.1) is 13.8 Å². The Bertz CT molecular complexity index is 497. The van der Waals surface area contributed by atoms with Crippen LogP contribution in [0.2, 0.25) is 5.15 Å². The van der Waals surface area contributed by atoms with Crippen molar-refractivity contribution in [3.8, 4) is 11.3 Å². The molecule has 2 aromatic rings. The molecule has 0 aliphatic rings. The summed E-state index contributed by atoms with van der Waals surface area (Å²) in [6.07, 6.45) is 0. The molecule has 0 saturated heterocycles. The molecule has 0 saturated carbocycles. The summed E-state index contributed by atoms with van der Waals surface area (Å²) in [4.78, 5) is 4.08. The molecule has 1 aromatic heterocycles. The van der Waals surface area contributed by atoms with Crippen molar-refractivity contribution in [3.63, 3.8) is 0 Å². The second kappa shape index (κ2) is 3.95. The number of aryl methyl sites for hydroxylation is 2. The first-order valence-corrected chi connectivity index (χ1v) is 4.99. The van der Waals surface area contributed by atoms with E-state index >= 15 is 0 Å². The lowest BCUT2D eigenvalue weighted by Crippen LogP contribution is -1.97. The van der Waals surface area contributed by atoms with E-state index in [2.05, 4.69) is 15.2 Å². The Morgan fingerprint density at radius 1 is 1.07 bits per heavy atom. The Balaban J connectivity index is 2.60. The maximum atomic E-state index is 6.02. The molecule has 0 aliphatic carbocycles. The maximum absolute atomic E-state index is 6.02. The first kappa shape index (κ1) is 10.1. The lowest BCUT2D eigenvalue weighted by molar-refractivity contribution is 0.913. The number of hydrogen-bond donors (Lipinski definition) is 0. The van der Waals surface area contributed by atoms with E-state index in [1.54, 1.807) is 6.92 Å². The molecule has 15 heavy (non-hydrogen) atoms. The molecule has 0 bridgehead atoms. The molecule has 0 spiro atoms. The van der Waals surface area contributed by atoms with Crippen LogP contribution >= 0.6 is 11.6 Å². The van der Waals surface area contributed by atoms with Crippen molar-refractivity contribution in [2.24, 2.45) is 0 Å². The summed E-state index contributed by atoms with van der Waals surface area (Å²) in [5.41, 5.74) is 2.72. The second-order valence-corrected chi connectivity index (χ2v) is 3.67. The average molecular weight is 220 g/mol. The highest BCUT2D eigenvalue weighted by atomic mass is 35.5. The van der Waals surface area contributed by atoms with Crippen molar-refractivity contribution in [1.82, 2.24) is 15.2 Å². The fourth-order valence-electron chi connectivity index (χ4n) is 1.38. The van der Waals surface area contributed by atoms with Crippen LogP contribution in [0.25, 0.3) is 11.3 Å². The van der Waals surface area contributed by atoms with Gasteiger partial charge in [0, 0.05) is 5.56 Å². The lowest BCUT2D eigenvalue weighted by atomic mass is 10.1. The van der Waals surface area contributed by atoms with Gasteiger partial charge in [0.15, 0.2) is 5.15 Å². The molecule has 0 aliphatic heterocycles. The van der Waals surface area contributed by atoms with Gasteiger partial charge in [-0.15, -0.1) is 10.2 Å². The van der Waals surface area contributed by atoms with Gasteiger partial charge in [-0.05, 0) is 19.4 Å². The molecule has 1 heterocycles. The van der Waals surface area contributed by atoms with Crippen molar-refractivity contribution < 1.29 is 0 Å². The molecule has 0 atom stereocenters. The predicted octanol–water partition coefficient (Wildman–Crippen LogP) is 2.81. The zero-order chi connectivity index (χ0) is 10.8. The van der Waals surface area contributed by atoms with Gasteiger partial charge in [0.1, 0.15) is 11.5 Å². The van der Waals surface area contributed by atoms with E-state index in [0.717, 1.165) is 11.1 Å². The summed E-state index contributed by atoms with van der Waals surface area (Å²) in [6, 6.07) is 7.89. The quantitative estimate of drug-likeness (QED) is 0.740. The number of hydrogen-bond acceptors (Lipinski definition) is 3. The smallest absolute Gasteiger partial charge is 0.159 e. The fourth-order valence-corrected chi connectivity index (χ4v) is 1.65. The van der Waals surface area contributed by atoms with Gasteiger partial charge in [-0.1, -0.05) is 35.9 Å². The molecule has 4 heteroatoms. The molecular weight excluding hydrogens is 210 g/mol. The van der Waals surface area contributed by atoms with Crippen molar-refractivity contribution in [2.45, 2.75) is 13.8 Å². The fraction of sp³-hybridized carbons (Fsp3) is 0.182. The monoisotopic (exact) mass is 219 g/mol. The Kier molecular flexibility index (Phi) is 2.64. The van der Waals surface area contributed by atoms with E-state index in [1.165, 1.54) is 0 Å². The SMILES string of the molecule is Cc1nnc(-c2ccccc2C)c(Cl)n1. The van der Waals surface area contributed by atoms with Gasteiger partial charge in [0.2, 0.25) is 0 Å². The van der Waals surface area contributed by atoms with Crippen molar-refractivity contribution in [2.75, 3.05) is 0 Å². The Hall–Kier alpha value is -1.48. The van der Waals surface area contributed by atoms with Crippen LogP contribution in [-0.2, 0) is 0 Å². The summed E-state index contributed by atoms with van der Waals surface area (Å²) in [6.45, 7) is 3.77. The van der Waals surface area contributed by atoms with E-state index in [-0.39, 0.29) is 0 Å². The molecule has 1 aromatic carbocycles. The molecule has 0 fully saturated rings. The predicted molar refractivity (Wildman–Crippen MR) is 59.7 cm³/mol. The molecule has 0 unspecified atom stereocenters. The van der Waals surface area contributed by atoms with Gasteiger partial charge in [0.25, 0.3) is 0 Å². The summed E-state index contributed by atoms with van der Waals surface area (Å²) < 4.78 is 0. The van der Waals surface area contributed by atoms with Crippen LogP contribution in [0.1, 0.15) is 11.4 Å². The summed E-state index contributed by atoms with van der Waals surface area (Å²) in [5, 5.41) is 8.38. The summed E-state index contributed by atoms with van der Waals surface area (Å²) in [7, 11) is 0. The third-order valence-corrected chi connectivity index (χ3v) is 2.41. The minimum atomic E-state index is 0.400. The minimum Gasteiger partial charge on any atom is -0.217 e. The van der Waals surface area contributed by atoms with E-state index in [0.29, 0.717) is 16.7 Å².